The summed E-state index contributed by atoms with van der Waals surface area (Å²) in [6.07, 6.45) is 4.94. The van der Waals surface area contributed by atoms with Crippen LogP contribution in [0.2, 0.25) is 0 Å². The number of carbonyl (C=O) groups excluding carboxylic acids is 1. The van der Waals surface area contributed by atoms with E-state index in [0.29, 0.717) is 24.7 Å². The van der Waals surface area contributed by atoms with Crippen LogP contribution in [-0.4, -0.2) is 36.1 Å². The zero-order chi connectivity index (χ0) is 12.8. The molecule has 1 aliphatic heterocycles. The molecule has 3 unspecified atom stereocenters. The molecular weight excluding hydrogens is 232 g/mol. The van der Waals surface area contributed by atoms with Crippen molar-refractivity contribution in [2.75, 3.05) is 13.1 Å². The van der Waals surface area contributed by atoms with Gasteiger partial charge in [0.2, 0.25) is 5.91 Å². The van der Waals surface area contributed by atoms with Crippen LogP contribution in [0.1, 0.15) is 32.1 Å². The first-order chi connectivity index (χ1) is 8.62. The van der Waals surface area contributed by atoms with E-state index in [4.69, 9.17) is 5.11 Å². The van der Waals surface area contributed by atoms with Gasteiger partial charge >= 0.3 is 5.97 Å². The highest BCUT2D eigenvalue weighted by Crippen LogP contribution is 2.45. The summed E-state index contributed by atoms with van der Waals surface area (Å²) < 4.78 is 0. The predicted molar refractivity (Wildman–Crippen MR) is 64.9 cm³/mol. The first-order valence-corrected chi connectivity index (χ1v) is 6.87. The summed E-state index contributed by atoms with van der Waals surface area (Å²) in [4.78, 5) is 23.2. The standard InChI is InChI=1S/C13H20N2O3/c16-11(15-7-13(4-5-13)12(17)18)10-9-3-1-2-8(9)6-14-10/h8-10,14H,1-7H2,(H,15,16)(H,17,18). The maximum absolute atomic E-state index is 12.1. The minimum atomic E-state index is -0.777. The van der Waals surface area contributed by atoms with Crippen LogP contribution in [0.15, 0.2) is 0 Å². The monoisotopic (exact) mass is 252 g/mol. The smallest absolute Gasteiger partial charge is 0.311 e. The minimum absolute atomic E-state index is 0.00285. The third kappa shape index (κ3) is 1.90. The number of carbonyl (C=O) groups is 2. The summed E-state index contributed by atoms with van der Waals surface area (Å²) in [6, 6.07) is -0.0953. The van der Waals surface area contributed by atoms with Gasteiger partial charge in [0.1, 0.15) is 0 Å². The first-order valence-electron chi connectivity index (χ1n) is 6.87. The van der Waals surface area contributed by atoms with Crippen LogP contribution in [0.5, 0.6) is 0 Å². The highest BCUT2D eigenvalue weighted by Gasteiger charge is 2.51. The van der Waals surface area contributed by atoms with E-state index in [1.54, 1.807) is 0 Å². The minimum Gasteiger partial charge on any atom is -0.481 e. The van der Waals surface area contributed by atoms with Gasteiger partial charge in [0, 0.05) is 6.54 Å². The number of amides is 1. The number of fused-ring (bicyclic) bond motifs is 1. The van der Waals surface area contributed by atoms with E-state index in [1.165, 1.54) is 12.8 Å². The molecule has 0 bridgehead atoms. The fourth-order valence-corrected chi connectivity index (χ4v) is 3.46. The Morgan fingerprint density at radius 2 is 2.11 bits per heavy atom. The SMILES string of the molecule is O=C(NCC1(C(=O)O)CC1)C1NCC2CCCC21. The lowest BCUT2D eigenvalue weighted by atomic mass is 9.93. The van der Waals surface area contributed by atoms with Crippen molar-refractivity contribution in [3.8, 4) is 0 Å². The number of hydrogen-bond donors (Lipinski definition) is 3. The van der Waals surface area contributed by atoms with E-state index >= 15 is 0 Å². The van der Waals surface area contributed by atoms with Crippen molar-refractivity contribution in [1.29, 1.82) is 0 Å². The average Bonchev–Trinajstić information content (AvgIpc) is 2.81. The summed E-state index contributed by atoms with van der Waals surface area (Å²) in [5.74, 6) is 0.331. The van der Waals surface area contributed by atoms with Gasteiger partial charge in [-0.1, -0.05) is 6.42 Å². The van der Waals surface area contributed by atoms with Crippen LogP contribution in [0.4, 0.5) is 0 Å². The normalized spacial score (nSPS) is 36.1. The summed E-state index contributed by atoms with van der Waals surface area (Å²) in [6.45, 7) is 1.23. The second-order valence-electron chi connectivity index (χ2n) is 6.04. The highest BCUT2D eigenvalue weighted by molar-refractivity contribution is 5.84. The van der Waals surface area contributed by atoms with E-state index < -0.39 is 11.4 Å². The molecule has 3 rings (SSSR count). The lowest BCUT2D eigenvalue weighted by Crippen LogP contribution is -2.46. The van der Waals surface area contributed by atoms with E-state index in [2.05, 4.69) is 10.6 Å². The molecule has 1 amide bonds. The van der Waals surface area contributed by atoms with Gasteiger partial charge in [-0.3, -0.25) is 9.59 Å². The lowest BCUT2D eigenvalue weighted by Gasteiger charge is -2.19. The molecule has 3 N–H and O–H groups in total. The van der Waals surface area contributed by atoms with Gasteiger partial charge in [0.05, 0.1) is 11.5 Å². The fourth-order valence-electron chi connectivity index (χ4n) is 3.46. The van der Waals surface area contributed by atoms with Gasteiger partial charge in [-0.05, 0) is 44.1 Å². The Bertz CT molecular complexity index is 378. The lowest BCUT2D eigenvalue weighted by molar-refractivity contribution is -0.143. The molecule has 0 radical (unpaired) electrons. The second-order valence-corrected chi connectivity index (χ2v) is 6.04. The molecule has 0 aromatic heterocycles. The number of rotatable bonds is 4. The maximum Gasteiger partial charge on any atom is 0.311 e. The molecule has 18 heavy (non-hydrogen) atoms. The van der Waals surface area contributed by atoms with Gasteiger partial charge in [-0.2, -0.15) is 0 Å². The topological polar surface area (TPSA) is 78.4 Å². The predicted octanol–water partition coefficient (Wildman–Crippen LogP) is 0.355. The number of carboxylic acids is 1. The first kappa shape index (κ1) is 12.0. The quantitative estimate of drug-likeness (QED) is 0.675. The molecule has 1 saturated heterocycles. The van der Waals surface area contributed by atoms with Crippen LogP contribution < -0.4 is 10.6 Å². The Kier molecular flexibility index (Phi) is 2.81. The van der Waals surface area contributed by atoms with Gasteiger partial charge < -0.3 is 15.7 Å². The maximum atomic E-state index is 12.1. The Morgan fingerprint density at radius 3 is 2.78 bits per heavy atom. The number of carboxylic acid groups (broad SMARTS) is 1. The van der Waals surface area contributed by atoms with Gasteiger partial charge in [-0.25, -0.2) is 0 Å². The molecule has 2 aliphatic carbocycles. The summed E-state index contributed by atoms with van der Waals surface area (Å²) >= 11 is 0. The Balaban J connectivity index is 1.54. The van der Waals surface area contributed by atoms with Crippen molar-refractivity contribution in [2.45, 2.75) is 38.1 Å². The zero-order valence-electron chi connectivity index (χ0n) is 10.4. The summed E-state index contributed by atoms with van der Waals surface area (Å²) in [5, 5.41) is 15.2. The molecule has 2 saturated carbocycles. The zero-order valence-corrected chi connectivity index (χ0v) is 10.4. The van der Waals surface area contributed by atoms with Crippen molar-refractivity contribution in [2.24, 2.45) is 17.3 Å². The van der Waals surface area contributed by atoms with Crippen molar-refractivity contribution in [1.82, 2.24) is 10.6 Å². The summed E-state index contributed by atoms with van der Waals surface area (Å²) in [5.41, 5.74) is -0.663. The van der Waals surface area contributed by atoms with E-state index in [9.17, 15) is 9.59 Å². The van der Waals surface area contributed by atoms with Gasteiger partial charge in [0.25, 0.3) is 0 Å². The van der Waals surface area contributed by atoms with E-state index in [-0.39, 0.29) is 18.5 Å². The van der Waals surface area contributed by atoms with Crippen LogP contribution in [-0.2, 0) is 9.59 Å². The molecule has 100 valence electrons. The van der Waals surface area contributed by atoms with Crippen LogP contribution in [0.25, 0.3) is 0 Å². The van der Waals surface area contributed by atoms with Gasteiger partial charge in [0.15, 0.2) is 0 Å². The molecule has 0 aromatic carbocycles. The van der Waals surface area contributed by atoms with Crippen LogP contribution in [0.3, 0.4) is 0 Å². The van der Waals surface area contributed by atoms with Crippen molar-refractivity contribution in [3.63, 3.8) is 0 Å². The molecule has 3 fully saturated rings. The van der Waals surface area contributed by atoms with Crippen LogP contribution >= 0.6 is 0 Å². The Morgan fingerprint density at radius 1 is 1.33 bits per heavy atom. The Hall–Kier alpha value is -1.10. The molecule has 3 atom stereocenters. The fraction of sp³-hybridized carbons (Fsp3) is 0.846. The Labute approximate surface area is 106 Å². The molecule has 5 nitrogen and oxygen atoms in total. The highest BCUT2D eigenvalue weighted by atomic mass is 16.4. The van der Waals surface area contributed by atoms with E-state index in [0.717, 1.165) is 13.0 Å². The van der Waals surface area contributed by atoms with Crippen molar-refractivity contribution in [3.05, 3.63) is 0 Å². The largest absolute Gasteiger partial charge is 0.481 e. The molecule has 0 aromatic rings. The molecule has 5 heteroatoms. The van der Waals surface area contributed by atoms with Gasteiger partial charge in [-0.15, -0.1) is 0 Å². The van der Waals surface area contributed by atoms with Crippen LogP contribution in [0, 0.1) is 17.3 Å². The molecule has 1 heterocycles. The van der Waals surface area contributed by atoms with E-state index in [1.807, 2.05) is 0 Å². The number of nitrogens with one attached hydrogen (secondary N) is 2. The second kappa shape index (κ2) is 4.23. The molecule has 3 aliphatic rings. The van der Waals surface area contributed by atoms with Crippen molar-refractivity contribution < 1.29 is 14.7 Å². The number of hydrogen-bond acceptors (Lipinski definition) is 3. The number of aliphatic carboxylic acids is 1. The third-order valence-electron chi connectivity index (χ3n) is 4.94. The molecular formula is C13H20N2O3. The third-order valence-corrected chi connectivity index (χ3v) is 4.94. The average molecular weight is 252 g/mol. The molecule has 0 spiro atoms. The summed E-state index contributed by atoms with van der Waals surface area (Å²) in [7, 11) is 0. The van der Waals surface area contributed by atoms with Crippen molar-refractivity contribution >= 4 is 11.9 Å².